The molecule has 3 aromatic carbocycles. The number of carbonyl (C=O) groups excluding carboxylic acids is 3. The Morgan fingerprint density at radius 2 is 1.68 bits per heavy atom. The van der Waals surface area contributed by atoms with Crippen LogP contribution < -0.4 is 19.9 Å². The summed E-state index contributed by atoms with van der Waals surface area (Å²) in [5, 5.41) is 11.4. The average molecular weight is 1040 g/mol. The van der Waals surface area contributed by atoms with Gasteiger partial charge in [0, 0.05) is 30.3 Å². The fourth-order valence-corrected chi connectivity index (χ4v) is 9.17. The lowest BCUT2D eigenvalue weighted by Gasteiger charge is -2.35. The summed E-state index contributed by atoms with van der Waals surface area (Å²) in [5.41, 5.74) is -8.26. The van der Waals surface area contributed by atoms with Crippen molar-refractivity contribution >= 4 is 46.4 Å². The number of unbranched alkanes of at least 4 members (excludes halogenated alkanes) is 1. The molecule has 0 spiro atoms. The van der Waals surface area contributed by atoms with Gasteiger partial charge in [-0.1, -0.05) is 32.9 Å². The molecule has 2 fully saturated rings. The highest BCUT2D eigenvalue weighted by Gasteiger charge is 2.52. The van der Waals surface area contributed by atoms with Crippen molar-refractivity contribution in [3.63, 3.8) is 0 Å². The number of imidazole rings is 1. The minimum absolute atomic E-state index is 0.0652. The number of alkyl halides is 6. The molecule has 4 heterocycles. The molecule has 0 aliphatic carbocycles. The number of hydrogen-bond acceptors (Lipinski definition) is 9. The Labute approximate surface area is 418 Å². The van der Waals surface area contributed by atoms with Gasteiger partial charge in [0.05, 0.1) is 59.3 Å². The van der Waals surface area contributed by atoms with Gasteiger partial charge in [0.2, 0.25) is 11.8 Å². The number of rotatable bonds is 15. The maximum absolute atomic E-state index is 15.9. The first-order valence-electron chi connectivity index (χ1n) is 22.7. The van der Waals surface area contributed by atoms with Crippen LogP contribution in [0.1, 0.15) is 88.9 Å². The number of ether oxygens (including phenoxy) is 2. The summed E-state index contributed by atoms with van der Waals surface area (Å²) >= 11 is 5.38. The molecule has 2 unspecified atom stereocenters. The Kier molecular flexibility index (Phi) is 15.3. The molecule has 386 valence electrons. The van der Waals surface area contributed by atoms with E-state index >= 15 is 8.78 Å². The van der Waals surface area contributed by atoms with Crippen molar-refractivity contribution in [2.75, 3.05) is 36.2 Å². The molecule has 2 N–H and O–H groups in total. The van der Waals surface area contributed by atoms with Gasteiger partial charge < -0.3 is 29.6 Å². The fourth-order valence-electron chi connectivity index (χ4n) is 8.65. The number of nitriles is 1. The van der Waals surface area contributed by atoms with Gasteiger partial charge in [-0.05, 0) is 99.6 Å². The quantitative estimate of drug-likeness (QED) is 0.0588. The van der Waals surface area contributed by atoms with Crippen molar-refractivity contribution < 1.29 is 63.4 Å². The van der Waals surface area contributed by atoms with E-state index in [0.29, 0.717) is 59.9 Å². The molecule has 0 radical (unpaired) electrons. The third-order valence-electron chi connectivity index (χ3n) is 12.3. The molecule has 0 bridgehead atoms. The summed E-state index contributed by atoms with van der Waals surface area (Å²) in [6.07, 6.45) is -5.95. The zero-order chi connectivity index (χ0) is 53.4. The van der Waals surface area contributed by atoms with Crippen molar-refractivity contribution in [2.45, 2.75) is 90.3 Å². The topological polar surface area (TPSA) is 157 Å². The molecule has 3 amide bonds. The molecule has 2 saturated heterocycles. The summed E-state index contributed by atoms with van der Waals surface area (Å²) in [4.78, 5) is 55.4. The van der Waals surface area contributed by atoms with Crippen molar-refractivity contribution in [1.82, 2.24) is 25.2 Å². The third-order valence-corrected chi connectivity index (χ3v) is 12.6. The molecule has 23 heteroatoms. The standard InChI is InChI=1S/C50H47F9N8O5S/c1-47(2,3)42(44(69)65-17-9-12-37(65)43-62-25-35(63-43)27-10-8-11-29(51)20-27)64-38(68)26-71-18-6-7-19-72-31-14-15-32(33(22-31)49(54,55)56)41-34(52)21-30(24-61-41)67-46(73)66(45(70)48(67,4)5)36-16-13-28(23-60)39(40(36)53)50(57,58)59/h8,10-11,13-16,20-22,24-25,37,42H,6-7,9,12,17-19,26H2,1-5H3,(H,62,63)(H,64,68). The number of nitrogens with zero attached hydrogens (tertiary/aromatic N) is 6. The van der Waals surface area contributed by atoms with E-state index in [2.05, 4.69) is 20.3 Å². The minimum atomic E-state index is -5.33. The van der Waals surface area contributed by atoms with Gasteiger partial charge in [-0.3, -0.25) is 24.3 Å². The number of benzene rings is 3. The van der Waals surface area contributed by atoms with Crippen LogP contribution in [0.15, 0.2) is 73.1 Å². The van der Waals surface area contributed by atoms with Crippen LogP contribution in [-0.2, 0) is 31.5 Å². The SMILES string of the molecule is CC(C)(C)C(NC(=O)COCCCCOc1ccc(-c2ncc(N3C(=S)N(c4ccc(C#N)c(C(F)(F)F)c4F)C(=O)C3(C)C)cc2F)c(C(F)(F)F)c1)C(=O)N1CCCC1c1ncc(-c2cccc(F)c2)[nH]1. The van der Waals surface area contributed by atoms with E-state index in [-0.39, 0.29) is 43.6 Å². The van der Waals surface area contributed by atoms with Crippen LogP contribution in [-0.4, -0.2) is 80.6 Å². The normalized spacial score (nSPS) is 16.5. The summed E-state index contributed by atoms with van der Waals surface area (Å²) in [6.45, 7) is 8.00. The predicted octanol–water partition coefficient (Wildman–Crippen LogP) is 10.5. The number of nitrogens with one attached hydrogen (secondary N) is 2. The molecular weight excluding hydrogens is 996 g/mol. The number of carbonyl (C=O) groups is 3. The second-order valence-corrected chi connectivity index (χ2v) is 19.2. The number of likely N-dealkylation sites (tertiary alicyclic amines) is 1. The average Bonchev–Trinajstić information content (AvgIpc) is 4.04. The van der Waals surface area contributed by atoms with Crippen molar-refractivity contribution in [3.05, 3.63) is 113 Å². The maximum Gasteiger partial charge on any atom is 0.420 e. The van der Waals surface area contributed by atoms with E-state index in [4.69, 9.17) is 27.0 Å². The lowest BCUT2D eigenvalue weighted by molar-refractivity contribution is -0.141. The number of halogens is 9. The van der Waals surface area contributed by atoms with Crippen LogP contribution >= 0.6 is 12.2 Å². The minimum Gasteiger partial charge on any atom is -0.494 e. The van der Waals surface area contributed by atoms with Gasteiger partial charge in [-0.15, -0.1) is 0 Å². The van der Waals surface area contributed by atoms with E-state index in [1.807, 2.05) is 20.8 Å². The van der Waals surface area contributed by atoms with Gasteiger partial charge >= 0.3 is 12.4 Å². The Bertz CT molecular complexity index is 2990. The van der Waals surface area contributed by atoms with Gasteiger partial charge in [0.25, 0.3) is 5.91 Å². The van der Waals surface area contributed by atoms with Gasteiger partial charge in [0.1, 0.15) is 46.8 Å². The number of aromatic amines is 1. The molecule has 5 aromatic rings. The first kappa shape index (κ1) is 53.7. The summed E-state index contributed by atoms with van der Waals surface area (Å²) in [6, 6.07) is 10.9. The molecule has 2 aromatic heterocycles. The highest BCUT2D eigenvalue weighted by molar-refractivity contribution is 7.81. The number of thiocarbonyl (C=S) groups is 1. The Morgan fingerprint density at radius 3 is 2.34 bits per heavy atom. The zero-order valence-corrected chi connectivity index (χ0v) is 40.6. The number of amides is 3. The zero-order valence-electron chi connectivity index (χ0n) is 39.8. The molecule has 2 atom stereocenters. The fraction of sp³-hybridized carbons (Fsp3) is 0.380. The summed E-state index contributed by atoms with van der Waals surface area (Å²) in [7, 11) is 0. The van der Waals surface area contributed by atoms with E-state index in [0.717, 1.165) is 29.3 Å². The number of hydrogen-bond donors (Lipinski definition) is 2. The van der Waals surface area contributed by atoms with E-state index in [1.54, 1.807) is 23.2 Å². The second-order valence-electron chi connectivity index (χ2n) is 18.8. The number of anilines is 2. The van der Waals surface area contributed by atoms with Crippen LogP contribution in [0.25, 0.3) is 22.5 Å². The van der Waals surface area contributed by atoms with Crippen molar-refractivity contribution in [2.24, 2.45) is 5.41 Å². The van der Waals surface area contributed by atoms with Crippen LogP contribution in [0.5, 0.6) is 5.75 Å². The molecule has 0 saturated carbocycles. The lowest BCUT2D eigenvalue weighted by Crippen LogP contribution is -2.55. The van der Waals surface area contributed by atoms with Crippen LogP contribution in [0.3, 0.4) is 0 Å². The van der Waals surface area contributed by atoms with Gasteiger partial charge in [-0.25, -0.2) is 18.2 Å². The van der Waals surface area contributed by atoms with Gasteiger partial charge in [0.15, 0.2) is 16.7 Å². The van der Waals surface area contributed by atoms with Crippen LogP contribution in [0.4, 0.5) is 50.9 Å². The lowest BCUT2D eigenvalue weighted by atomic mass is 9.85. The largest absolute Gasteiger partial charge is 0.494 e. The highest BCUT2D eigenvalue weighted by atomic mass is 32.1. The number of H-pyrrole nitrogens is 1. The molecule has 7 rings (SSSR count). The smallest absolute Gasteiger partial charge is 0.420 e. The Balaban J connectivity index is 0.936. The van der Waals surface area contributed by atoms with Crippen molar-refractivity contribution in [1.29, 1.82) is 5.26 Å². The summed E-state index contributed by atoms with van der Waals surface area (Å²) < 4.78 is 141. The molecule has 2 aliphatic rings. The molecule has 73 heavy (non-hydrogen) atoms. The number of aromatic nitrogens is 3. The summed E-state index contributed by atoms with van der Waals surface area (Å²) in [5.74, 6) is -5.22. The highest BCUT2D eigenvalue weighted by Crippen LogP contribution is 2.44. The van der Waals surface area contributed by atoms with E-state index in [1.165, 1.54) is 38.1 Å². The van der Waals surface area contributed by atoms with Gasteiger partial charge in [-0.2, -0.15) is 31.6 Å². The molecular formula is C50H47F9N8O5S. The number of pyridine rings is 1. The second kappa shape index (κ2) is 20.8. The van der Waals surface area contributed by atoms with Crippen LogP contribution in [0, 0.1) is 34.2 Å². The predicted molar refractivity (Wildman–Crippen MR) is 252 cm³/mol. The Hall–Kier alpha value is -7.06. The van der Waals surface area contributed by atoms with E-state index in [9.17, 15) is 45.1 Å². The molecule has 2 aliphatic heterocycles. The van der Waals surface area contributed by atoms with Crippen LogP contribution in [0.2, 0.25) is 0 Å². The Morgan fingerprint density at radius 1 is 0.959 bits per heavy atom. The van der Waals surface area contributed by atoms with Crippen molar-refractivity contribution in [3.8, 4) is 34.3 Å². The molecule has 13 nitrogen and oxygen atoms in total. The van der Waals surface area contributed by atoms with E-state index < -0.39 is 103 Å². The first-order valence-corrected chi connectivity index (χ1v) is 23.1. The maximum atomic E-state index is 15.9. The first-order chi connectivity index (χ1) is 34.2. The monoisotopic (exact) mass is 1040 g/mol. The third kappa shape index (κ3) is 11.3.